The van der Waals surface area contributed by atoms with Gasteiger partial charge in [-0.05, 0) is 33.9 Å². The maximum absolute atomic E-state index is 13.1. The highest BCUT2D eigenvalue weighted by atomic mass is 16.6. The van der Waals surface area contributed by atoms with E-state index < -0.39 is 30.5 Å². The average molecular weight is 445 g/mol. The van der Waals surface area contributed by atoms with E-state index in [1.54, 1.807) is 24.3 Å². The van der Waals surface area contributed by atoms with Gasteiger partial charge in [-0.3, -0.25) is 9.69 Å². The molecule has 7 heteroatoms. The minimum Gasteiger partial charge on any atom is -0.481 e. The Kier molecular flexibility index (Phi) is 6.40. The molecule has 1 aliphatic carbocycles. The van der Waals surface area contributed by atoms with Gasteiger partial charge in [-0.2, -0.15) is 0 Å². The fourth-order valence-corrected chi connectivity index (χ4v) is 4.13. The van der Waals surface area contributed by atoms with Crippen LogP contribution in [0, 0.1) is 0 Å². The maximum Gasteiger partial charge on any atom is 0.414 e. The van der Waals surface area contributed by atoms with Crippen molar-refractivity contribution in [3.63, 3.8) is 0 Å². The first kappa shape index (κ1) is 22.1. The summed E-state index contributed by atoms with van der Waals surface area (Å²) in [5, 5.41) is 9.52. The van der Waals surface area contributed by atoms with Crippen LogP contribution in [0.5, 0.6) is 0 Å². The number of ether oxygens (including phenoxy) is 2. The molecule has 0 radical (unpaired) electrons. The average Bonchev–Trinajstić information content (AvgIpc) is 3.22. The van der Waals surface area contributed by atoms with E-state index in [1.165, 1.54) is 7.11 Å². The molecule has 1 atom stereocenters. The lowest BCUT2D eigenvalue weighted by atomic mass is 10.0. The quantitative estimate of drug-likeness (QED) is 0.424. The van der Waals surface area contributed by atoms with E-state index in [4.69, 9.17) is 9.47 Å². The fourth-order valence-electron chi connectivity index (χ4n) is 4.13. The third-order valence-electron chi connectivity index (χ3n) is 5.63. The summed E-state index contributed by atoms with van der Waals surface area (Å²) in [5.74, 6) is -2.05. The van der Waals surface area contributed by atoms with Gasteiger partial charge in [0.05, 0.1) is 19.2 Å². The smallest absolute Gasteiger partial charge is 0.414 e. The van der Waals surface area contributed by atoms with Gasteiger partial charge in [0.1, 0.15) is 12.6 Å². The molecule has 3 aromatic rings. The highest BCUT2D eigenvalue weighted by Gasteiger charge is 2.37. The SMILES string of the molecule is COC(=O)N(c1cccc2c1Cc1ccccc1-2)[C@@H](CC(=O)O)C(=O)OCc1ccccc1. The Morgan fingerprint density at radius 3 is 2.36 bits per heavy atom. The van der Waals surface area contributed by atoms with Crippen LogP contribution in [0.4, 0.5) is 10.5 Å². The summed E-state index contributed by atoms with van der Waals surface area (Å²) in [7, 11) is 1.19. The van der Waals surface area contributed by atoms with Crippen LogP contribution in [0.1, 0.15) is 23.1 Å². The van der Waals surface area contributed by atoms with Gasteiger partial charge in [-0.1, -0.05) is 66.7 Å². The van der Waals surface area contributed by atoms with E-state index in [9.17, 15) is 19.5 Å². The highest BCUT2D eigenvalue weighted by Crippen LogP contribution is 2.42. The van der Waals surface area contributed by atoms with Crippen molar-refractivity contribution >= 4 is 23.7 Å². The van der Waals surface area contributed by atoms with Crippen molar-refractivity contribution in [3.8, 4) is 11.1 Å². The second-order valence-electron chi connectivity index (χ2n) is 7.68. The standard InChI is InChI=1S/C26H23NO6/c1-32-26(31)27(22-13-7-12-20-19-11-6-5-10-18(19)14-21(20)22)23(15-24(28)29)25(30)33-16-17-8-3-2-4-9-17/h2-13,23H,14-16H2,1H3,(H,28,29)/t23-/m0/s1. The predicted molar refractivity (Wildman–Crippen MR) is 122 cm³/mol. The van der Waals surface area contributed by atoms with Gasteiger partial charge >= 0.3 is 18.0 Å². The number of hydrogen-bond donors (Lipinski definition) is 1. The Bertz CT molecular complexity index is 1190. The molecule has 33 heavy (non-hydrogen) atoms. The molecular formula is C26H23NO6. The molecule has 0 spiro atoms. The van der Waals surface area contributed by atoms with Gasteiger partial charge in [0.2, 0.25) is 0 Å². The first-order valence-electron chi connectivity index (χ1n) is 10.5. The zero-order valence-corrected chi connectivity index (χ0v) is 18.1. The normalized spacial score (nSPS) is 12.3. The van der Waals surface area contributed by atoms with E-state index in [0.29, 0.717) is 12.1 Å². The number of benzene rings is 3. The Hall–Kier alpha value is -4.13. The van der Waals surface area contributed by atoms with Crippen LogP contribution in [0.3, 0.4) is 0 Å². The molecule has 0 heterocycles. The van der Waals surface area contributed by atoms with E-state index in [2.05, 4.69) is 0 Å². The maximum atomic E-state index is 13.1. The number of methoxy groups -OCH3 is 1. The molecule has 0 unspecified atom stereocenters. The molecule has 3 aromatic carbocycles. The van der Waals surface area contributed by atoms with E-state index >= 15 is 0 Å². The van der Waals surface area contributed by atoms with Gasteiger partial charge < -0.3 is 14.6 Å². The molecular weight excluding hydrogens is 422 g/mol. The lowest BCUT2D eigenvalue weighted by molar-refractivity contribution is -0.150. The molecule has 0 bridgehead atoms. The molecule has 0 aromatic heterocycles. The summed E-state index contributed by atoms with van der Waals surface area (Å²) in [4.78, 5) is 38.7. The van der Waals surface area contributed by atoms with Gasteiger partial charge in [-0.25, -0.2) is 9.59 Å². The molecule has 7 nitrogen and oxygen atoms in total. The first-order valence-corrected chi connectivity index (χ1v) is 10.5. The first-order chi connectivity index (χ1) is 16.0. The molecule has 0 aliphatic heterocycles. The van der Waals surface area contributed by atoms with Crippen molar-refractivity contribution in [1.29, 1.82) is 0 Å². The number of fused-ring (bicyclic) bond motifs is 3. The number of carboxylic acid groups (broad SMARTS) is 1. The zero-order valence-electron chi connectivity index (χ0n) is 18.1. The van der Waals surface area contributed by atoms with Crippen molar-refractivity contribution < 1.29 is 29.0 Å². The van der Waals surface area contributed by atoms with Gasteiger partial charge in [0.15, 0.2) is 0 Å². The minimum atomic E-state index is -1.39. The summed E-state index contributed by atoms with van der Waals surface area (Å²) in [5.41, 5.74) is 5.07. The lowest BCUT2D eigenvalue weighted by Crippen LogP contribution is -2.47. The Morgan fingerprint density at radius 2 is 1.64 bits per heavy atom. The zero-order chi connectivity index (χ0) is 23.4. The number of carbonyl (C=O) groups is 3. The second kappa shape index (κ2) is 9.56. The van der Waals surface area contributed by atoms with E-state index in [1.807, 2.05) is 48.5 Å². The highest BCUT2D eigenvalue weighted by molar-refractivity contribution is 6.00. The number of nitrogens with zero attached hydrogens (tertiary/aromatic N) is 1. The molecule has 168 valence electrons. The van der Waals surface area contributed by atoms with E-state index in [0.717, 1.165) is 32.7 Å². The van der Waals surface area contributed by atoms with Crippen molar-refractivity contribution in [2.45, 2.75) is 25.5 Å². The van der Waals surface area contributed by atoms with Gasteiger partial charge in [-0.15, -0.1) is 0 Å². The number of carboxylic acids is 1. The van der Waals surface area contributed by atoms with Crippen molar-refractivity contribution in [3.05, 3.63) is 89.5 Å². The Balaban J connectivity index is 1.71. The van der Waals surface area contributed by atoms with Crippen LogP contribution >= 0.6 is 0 Å². The summed E-state index contributed by atoms with van der Waals surface area (Å²) < 4.78 is 10.4. The Labute approximate surface area is 191 Å². The number of hydrogen-bond acceptors (Lipinski definition) is 5. The molecule has 0 saturated heterocycles. The minimum absolute atomic E-state index is 0.0385. The molecule has 4 rings (SSSR count). The molecule has 1 N–H and O–H groups in total. The van der Waals surface area contributed by atoms with Crippen molar-refractivity contribution in [2.75, 3.05) is 12.0 Å². The number of carbonyl (C=O) groups excluding carboxylic acids is 2. The number of rotatable bonds is 7. The number of aliphatic carboxylic acids is 1. The second-order valence-corrected chi connectivity index (χ2v) is 7.68. The molecule has 0 saturated carbocycles. The third-order valence-corrected chi connectivity index (χ3v) is 5.63. The van der Waals surface area contributed by atoms with Crippen LogP contribution in [0.2, 0.25) is 0 Å². The van der Waals surface area contributed by atoms with Gasteiger partial charge in [0.25, 0.3) is 0 Å². The molecule has 1 amide bonds. The summed E-state index contributed by atoms with van der Waals surface area (Å²) in [6, 6.07) is 20.9. The summed E-state index contributed by atoms with van der Waals surface area (Å²) in [6.45, 7) is -0.0385. The van der Waals surface area contributed by atoms with Crippen LogP contribution in [-0.2, 0) is 32.1 Å². The summed E-state index contributed by atoms with van der Waals surface area (Å²) in [6.07, 6.45) is -0.907. The van der Waals surface area contributed by atoms with Crippen LogP contribution < -0.4 is 4.90 Å². The monoisotopic (exact) mass is 445 g/mol. The molecule has 1 aliphatic rings. The number of esters is 1. The van der Waals surface area contributed by atoms with E-state index in [-0.39, 0.29) is 6.61 Å². The largest absolute Gasteiger partial charge is 0.481 e. The fraction of sp³-hybridized carbons (Fsp3) is 0.192. The lowest BCUT2D eigenvalue weighted by Gasteiger charge is -2.30. The van der Waals surface area contributed by atoms with Gasteiger partial charge in [0, 0.05) is 6.42 Å². The van der Waals surface area contributed by atoms with Crippen LogP contribution in [0.15, 0.2) is 72.8 Å². The number of anilines is 1. The summed E-state index contributed by atoms with van der Waals surface area (Å²) >= 11 is 0. The van der Waals surface area contributed by atoms with Crippen LogP contribution in [0.25, 0.3) is 11.1 Å². The van der Waals surface area contributed by atoms with Crippen LogP contribution in [-0.4, -0.2) is 36.3 Å². The Morgan fingerprint density at radius 1 is 0.939 bits per heavy atom. The number of amides is 1. The van der Waals surface area contributed by atoms with Crippen molar-refractivity contribution in [1.82, 2.24) is 0 Å². The predicted octanol–water partition coefficient (Wildman–Crippen LogP) is 4.42. The molecule has 0 fully saturated rings. The topological polar surface area (TPSA) is 93.1 Å². The third kappa shape index (κ3) is 4.57. The van der Waals surface area contributed by atoms with Crippen molar-refractivity contribution in [2.24, 2.45) is 0 Å².